The second-order valence-corrected chi connectivity index (χ2v) is 4.56. The summed E-state index contributed by atoms with van der Waals surface area (Å²) in [6.45, 7) is 0. The third-order valence-corrected chi connectivity index (χ3v) is 3.42. The number of oxazole rings is 1. The number of hydrogen-bond acceptors (Lipinski definition) is 6. The molecule has 0 spiro atoms. The summed E-state index contributed by atoms with van der Waals surface area (Å²) in [5.41, 5.74) is 0.517. The average Bonchev–Trinajstić information content (AvgIpc) is 2.92. The van der Waals surface area contributed by atoms with Crippen molar-refractivity contribution >= 4 is 28.6 Å². The Morgan fingerprint density at radius 1 is 1.26 bits per heavy atom. The van der Waals surface area contributed by atoms with E-state index in [0.29, 0.717) is 21.0 Å². The Bertz CT molecular complexity index is 743. The Morgan fingerprint density at radius 2 is 2.11 bits per heavy atom. The molecule has 0 bridgehead atoms. The quantitative estimate of drug-likeness (QED) is 0.783. The fourth-order valence-corrected chi connectivity index (χ4v) is 2.52. The molecule has 7 heteroatoms. The van der Waals surface area contributed by atoms with Crippen molar-refractivity contribution in [2.75, 3.05) is 0 Å². The highest BCUT2D eigenvalue weighted by Crippen LogP contribution is 2.33. The summed E-state index contributed by atoms with van der Waals surface area (Å²) < 4.78 is 5.13. The summed E-state index contributed by atoms with van der Waals surface area (Å²) in [5, 5.41) is 17.9. The molecule has 1 N–H and O–H groups in total. The zero-order valence-corrected chi connectivity index (χ0v) is 10.3. The number of carboxylic acids is 1. The van der Waals surface area contributed by atoms with E-state index in [4.69, 9.17) is 4.42 Å². The van der Waals surface area contributed by atoms with Gasteiger partial charge in [-0.2, -0.15) is 0 Å². The number of hydrogen-bond donors (Lipinski definition) is 1. The maximum atomic E-state index is 11.2. The van der Waals surface area contributed by atoms with Crippen LogP contribution in [0.15, 0.2) is 51.3 Å². The van der Waals surface area contributed by atoms with Crippen molar-refractivity contribution in [1.29, 1.82) is 0 Å². The molecular weight excluding hydrogens is 266 g/mol. The van der Waals surface area contributed by atoms with Crippen LogP contribution in [0.3, 0.4) is 0 Å². The molecule has 3 rings (SSSR count). The number of carboxylic acid groups (broad SMARTS) is 1. The summed E-state index contributed by atoms with van der Waals surface area (Å²) in [5.74, 6) is -1.13. The lowest BCUT2D eigenvalue weighted by Gasteiger charge is -2.05. The SMILES string of the molecule is O=C(O)c1nnc2ccccc2c1Sc1ncco1. The third-order valence-electron chi connectivity index (χ3n) is 2.42. The van der Waals surface area contributed by atoms with Crippen LogP contribution in [-0.2, 0) is 0 Å². The fourth-order valence-electron chi connectivity index (χ4n) is 1.62. The van der Waals surface area contributed by atoms with Crippen LogP contribution in [0, 0.1) is 0 Å². The Morgan fingerprint density at radius 3 is 2.84 bits per heavy atom. The van der Waals surface area contributed by atoms with Gasteiger partial charge >= 0.3 is 5.97 Å². The normalized spacial score (nSPS) is 10.7. The van der Waals surface area contributed by atoms with Gasteiger partial charge in [-0.3, -0.25) is 0 Å². The summed E-state index contributed by atoms with van der Waals surface area (Å²) in [6.07, 6.45) is 2.93. The van der Waals surface area contributed by atoms with Gasteiger partial charge in [-0.15, -0.1) is 10.2 Å². The van der Waals surface area contributed by atoms with Crippen molar-refractivity contribution < 1.29 is 14.3 Å². The van der Waals surface area contributed by atoms with Crippen LogP contribution in [0.4, 0.5) is 0 Å². The summed E-state index contributed by atoms with van der Waals surface area (Å²) >= 11 is 1.12. The topological polar surface area (TPSA) is 89.1 Å². The largest absolute Gasteiger partial charge is 0.476 e. The molecule has 0 aliphatic carbocycles. The molecule has 0 atom stereocenters. The second kappa shape index (κ2) is 4.69. The van der Waals surface area contributed by atoms with Gasteiger partial charge in [0.1, 0.15) is 6.26 Å². The highest BCUT2D eigenvalue weighted by Gasteiger charge is 2.19. The van der Waals surface area contributed by atoms with Crippen LogP contribution in [0.25, 0.3) is 10.9 Å². The monoisotopic (exact) mass is 273 g/mol. The summed E-state index contributed by atoms with van der Waals surface area (Å²) in [6, 6.07) is 7.20. The molecule has 2 heterocycles. The number of aromatic nitrogens is 3. The highest BCUT2D eigenvalue weighted by molar-refractivity contribution is 7.99. The van der Waals surface area contributed by atoms with Gasteiger partial charge in [0, 0.05) is 5.39 Å². The van der Waals surface area contributed by atoms with E-state index in [1.54, 1.807) is 12.1 Å². The molecule has 0 aliphatic heterocycles. The molecule has 2 aromatic heterocycles. The lowest BCUT2D eigenvalue weighted by Crippen LogP contribution is -2.05. The minimum Gasteiger partial charge on any atom is -0.476 e. The molecule has 6 nitrogen and oxygen atoms in total. The van der Waals surface area contributed by atoms with Crippen molar-refractivity contribution in [2.24, 2.45) is 0 Å². The lowest BCUT2D eigenvalue weighted by molar-refractivity contribution is 0.0685. The van der Waals surface area contributed by atoms with E-state index < -0.39 is 5.97 Å². The number of aromatic carboxylic acids is 1. The second-order valence-electron chi connectivity index (χ2n) is 3.60. The molecule has 0 amide bonds. The van der Waals surface area contributed by atoms with Crippen molar-refractivity contribution in [2.45, 2.75) is 10.1 Å². The van der Waals surface area contributed by atoms with Crippen LogP contribution in [0.2, 0.25) is 0 Å². The minimum absolute atomic E-state index is 0.109. The van der Waals surface area contributed by atoms with E-state index in [-0.39, 0.29) is 5.69 Å². The highest BCUT2D eigenvalue weighted by atomic mass is 32.2. The van der Waals surface area contributed by atoms with Crippen molar-refractivity contribution in [1.82, 2.24) is 15.2 Å². The van der Waals surface area contributed by atoms with Gasteiger partial charge in [0.2, 0.25) is 0 Å². The van der Waals surface area contributed by atoms with Gasteiger partial charge in [0.15, 0.2) is 5.69 Å². The zero-order chi connectivity index (χ0) is 13.2. The van der Waals surface area contributed by atoms with Crippen LogP contribution in [-0.4, -0.2) is 26.3 Å². The number of rotatable bonds is 3. The number of carbonyl (C=O) groups is 1. The van der Waals surface area contributed by atoms with Gasteiger partial charge in [0.05, 0.1) is 16.6 Å². The molecule has 0 saturated heterocycles. The van der Waals surface area contributed by atoms with Gasteiger partial charge in [-0.05, 0) is 17.8 Å². The van der Waals surface area contributed by atoms with E-state index in [9.17, 15) is 9.90 Å². The van der Waals surface area contributed by atoms with Gasteiger partial charge in [-0.1, -0.05) is 18.2 Å². The van der Waals surface area contributed by atoms with E-state index in [2.05, 4.69) is 15.2 Å². The Hall–Kier alpha value is -2.41. The smallest absolute Gasteiger partial charge is 0.357 e. The molecule has 0 fully saturated rings. The molecule has 0 unspecified atom stereocenters. The maximum Gasteiger partial charge on any atom is 0.357 e. The first-order valence-electron chi connectivity index (χ1n) is 5.32. The van der Waals surface area contributed by atoms with Crippen LogP contribution < -0.4 is 0 Å². The van der Waals surface area contributed by atoms with Gasteiger partial charge < -0.3 is 9.52 Å². The first kappa shape index (κ1) is 11.7. The van der Waals surface area contributed by atoms with Crippen LogP contribution >= 0.6 is 11.8 Å². The molecule has 0 radical (unpaired) electrons. The minimum atomic E-state index is -1.13. The first-order chi connectivity index (χ1) is 9.25. The van der Waals surface area contributed by atoms with E-state index in [0.717, 1.165) is 11.8 Å². The molecular formula is C12H7N3O3S. The average molecular weight is 273 g/mol. The van der Waals surface area contributed by atoms with Crippen LogP contribution in [0.5, 0.6) is 0 Å². The maximum absolute atomic E-state index is 11.2. The van der Waals surface area contributed by atoms with Crippen molar-refractivity contribution in [3.63, 3.8) is 0 Å². The molecule has 94 valence electrons. The molecule has 1 aromatic carbocycles. The number of fused-ring (bicyclic) bond motifs is 1. The predicted molar refractivity (Wildman–Crippen MR) is 67.1 cm³/mol. The first-order valence-corrected chi connectivity index (χ1v) is 6.13. The predicted octanol–water partition coefficient (Wildman–Crippen LogP) is 2.47. The van der Waals surface area contributed by atoms with Gasteiger partial charge in [-0.25, -0.2) is 9.78 Å². The van der Waals surface area contributed by atoms with Gasteiger partial charge in [0.25, 0.3) is 5.22 Å². The Kier molecular flexibility index (Phi) is 2.88. The Labute approximate surface area is 111 Å². The lowest BCUT2D eigenvalue weighted by atomic mass is 10.2. The third kappa shape index (κ3) is 2.15. The molecule has 19 heavy (non-hydrogen) atoms. The molecule has 0 saturated carbocycles. The van der Waals surface area contributed by atoms with Crippen molar-refractivity contribution in [3.05, 3.63) is 42.4 Å². The van der Waals surface area contributed by atoms with Crippen molar-refractivity contribution in [3.8, 4) is 0 Å². The summed E-state index contributed by atoms with van der Waals surface area (Å²) in [4.78, 5) is 15.7. The van der Waals surface area contributed by atoms with Crippen LogP contribution in [0.1, 0.15) is 10.5 Å². The summed E-state index contributed by atoms with van der Waals surface area (Å²) in [7, 11) is 0. The molecule has 0 aliphatic rings. The fraction of sp³-hybridized carbons (Fsp3) is 0. The Balaban J connectivity index is 2.22. The molecule has 3 aromatic rings. The number of benzene rings is 1. The van der Waals surface area contributed by atoms with E-state index in [1.165, 1.54) is 12.5 Å². The number of nitrogens with zero attached hydrogens (tertiary/aromatic N) is 3. The van der Waals surface area contributed by atoms with E-state index in [1.807, 2.05) is 12.1 Å². The zero-order valence-electron chi connectivity index (χ0n) is 9.48. The van der Waals surface area contributed by atoms with E-state index >= 15 is 0 Å². The standard InChI is InChI=1S/C12H7N3O3S/c16-11(17)9-10(19-12-13-5-6-18-12)7-3-1-2-4-8(7)14-15-9/h1-6H,(H,16,17).